The van der Waals surface area contributed by atoms with Crippen LogP contribution in [-0.4, -0.2) is 32.5 Å². The highest BCUT2D eigenvalue weighted by Gasteiger charge is 2.45. The highest BCUT2D eigenvalue weighted by atomic mass is 28.4. The number of esters is 1. The summed E-state index contributed by atoms with van der Waals surface area (Å²) in [7, 11) is -0.468. The minimum atomic E-state index is -1.83. The van der Waals surface area contributed by atoms with Crippen LogP contribution in [0.3, 0.4) is 0 Å². The Morgan fingerprint density at radius 3 is 2.00 bits per heavy atom. The number of carbonyl (C=O) groups excluding carboxylic acids is 1. The SMILES string of the molecule is COC(=O)c1ccc(CC[C@H](C)O[Si](C(C)C)(C(C)C)C(C)C)cn1. The molecular weight excluding hydrogens is 330 g/mol. The fourth-order valence-corrected chi connectivity index (χ4v) is 9.61. The zero-order valence-corrected chi connectivity index (χ0v) is 18.1. The van der Waals surface area contributed by atoms with E-state index in [-0.39, 0.29) is 6.10 Å². The summed E-state index contributed by atoms with van der Waals surface area (Å²) in [6.07, 6.45) is 3.84. The van der Waals surface area contributed by atoms with E-state index < -0.39 is 14.3 Å². The second kappa shape index (κ2) is 9.48. The molecule has 0 N–H and O–H groups in total. The first kappa shape index (κ1) is 21.8. The third-order valence-electron chi connectivity index (χ3n) is 5.17. The van der Waals surface area contributed by atoms with Gasteiger partial charge in [-0.05, 0) is 48.0 Å². The zero-order chi connectivity index (χ0) is 19.2. The lowest BCUT2D eigenvalue weighted by molar-refractivity contribution is 0.0594. The number of carbonyl (C=O) groups is 1. The van der Waals surface area contributed by atoms with Crippen LogP contribution < -0.4 is 0 Å². The molecule has 0 aliphatic carbocycles. The molecule has 4 nitrogen and oxygen atoms in total. The molecular formula is C20H35NO3Si. The summed E-state index contributed by atoms with van der Waals surface area (Å²) < 4.78 is 11.4. The van der Waals surface area contributed by atoms with Gasteiger partial charge in [0.1, 0.15) is 5.69 Å². The molecule has 0 aliphatic rings. The molecule has 142 valence electrons. The van der Waals surface area contributed by atoms with E-state index in [0.29, 0.717) is 22.3 Å². The lowest BCUT2D eigenvalue weighted by Gasteiger charge is -2.44. The summed E-state index contributed by atoms with van der Waals surface area (Å²) in [5.74, 6) is -0.398. The minimum Gasteiger partial charge on any atom is -0.464 e. The normalized spacial score (nSPS) is 13.6. The Morgan fingerprint density at radius 1 is 1.04 bits per heavy atom. The number of hydrogen-bond acceptors (Lipinski definition) is 4. The first-order valence-electron chi connectivity index (χ1n) is 9.36. The number of methoxy groups -OCH3 is 1. The molecule has 0 saturated carbocycles. The molecule has 5 heteroatoms. The van der Waals surface area contributed by atoms with Crippen molar-refractivity contribution in [1.29, 1.82) is 0 Å². The van der Waals surface area contributed by atoms with Crippen molar-refractivity contribution in [3.63, 3.8) is 0 Å². The standard InChI is InChI=1S/C20H35NO3Si/c1-14(2)25(15(3)4,16(5)6)24-17(7)9-10-18-11-12-19(21-13-18)20(22)23-8/h11-17H,9-10H2,1-8H3/t17-/m0/s1. The molecule has 0 aliphatic heterocycles. The molecule has 0 unspecified atom stereocenters. The Hall–Kier alpha value is -1.20. The van der Waals surface area contributed by atoms with E-state index in [1.165, 1.54) is 7.11 Å². The van der Waals surface area contributed by atoms with Crippen molar-refractivity contribution in [1.82, 2.24) is 4.98 Å². The molecule has 0 bridgehead atoms. The van der Waals surface area contributed by atoms with Gasteiger partial charge >= 0.3 is 5.97 Å². The maximum atomic E-state index is 11.4. The molecule has 0 aromatic carbocycles. The molecule has 1 atom stereocenters. The summed E-state index contributed by atoms with van der Waals surface area (Å²) in [6.45, 7) is 16.1. The molecule has 25 heavy (non-hydrogen) atoms. The largest absolute Gasteiger partial charge is 0.464 e. The quantitative estimate of drug-likeness (QED) is 0.435. The van der Waals surface area contributed by atoms with E-state index in [2.05, 4.69) is 58.2 Å². The average Bonchev–Trinajstić information content (AvgIpc) is 2.56. The molecule has 1 aromatic heterocycles. The Balaban J connectivity index is 2.72. The van der Waals surface area contributed by atoms with Gasteiger partial charge in [-0.3, -0.25) is 0 Å². The Labute approximate surface area is 154 Å². The van der Waals surface area contributed by atoms with E-state index >= 15 is 0 Å². The van der Waals surface area contributed by atoms with E-state index in [0.717, 1.165) is 18.4 Å². The van der Waals surface area contributed by atoms with Crippen LogP contribution in [0.4, 0.5) is 0 Å². The predicted molar refractivity (Wildman–Crippen MR) is 105 cm³/mol. The van der Waals surface area contributed by atoms with Crippen LogP contribution in [-0.2, 0) is 15.6 Å². The maximum Gasteiger partial charge on any atom is 0.356 e. The van der Waals surface area contributed by atoms with Crippen LogP contribution >= 0.6 is 0 Å². The van der Waals surface area contributed by atoms with Crippen LogP contribution in [0.5, 0.6) is 0 Å². The predicted octanol–water partition coefficient (Wildman–Crippen LogP) is 5.38. The first-order valence-corrected chi connectivity index (χ1v) is 11.5. The van der Waals surface area contributed by atoms with Gasteiger partial charge in [0.2, 0.25) is 8.32 Å². The second-order valence-electron chi connectivity index (χ2n) is 7.83. The van der Waals surface area contributed by atoms with Crippen molar-refractivity contribution in [3.8, 4) is 0 Å². The highest BCUT2D eigenvalue weighted by Crippen LogP contribution is 2.43. The summed E-state index contributed by atoms with van der Waals surface area (Å²) >= 11 is 0. The van der Waals surface area contributed by atoms with Gasteiger partial charge in [-0.25, -0.2) is 9.78 Å². The fourth-order valence-electron chi connectivity index (χ4n) is 3.98. The first-order chi connectivity index (χ1) is 11.6. The van der Waals surface area contributed by atoms with Crippen molar-refractivity contribution in [2.75, 3.05) is 7.11 Å². The van der Waals surface area contributed by atoms with Gasteiger partial charge in [-0.15, -0.1) is 0 Å². The number of aryl methyl sites for hydroxylation is 1. The second-order valence-corrected chi connectivity index (χ2v) is 13.2. The van der Waals surface area contributed by atoms with E-state index in [1.807, 2.05) is 6.07 Å². The third-order valence-corrected chi connectivity index (χ3v) is 11.4. The number of ether oxygens (including phenoxy) is 1. The monoisotopic (exact) mass is 365 g/mol. The summed E-state index contributed by atoms with van der Waals surface area (Å²) in [5, 5.41) is 0. The highest BCUT2D eigenvalue weighted by molar-refractivity contribution is 6.77. The molecule has 0 fully saturated rings. The minimum absolute atomic E-state index is 0.221. The molecule has 0 saturated heterocycles. The number of aromatic nitrogens is 1. The number of pyridine rings is 1. The van der Waals surface area contributed by atoms with Crippen LogP contribution in [0.1, 0.15) is 70.9 Å². The maximum absolute atomic E-state index is 11.4. The number of nitrogens with zero attached hydrogens (tertiary/aromatic N) is 1. The van der Waals surface area contributed by atoms with Crippen molar-refractivity contribution in [2.45, 2.75) is 84.0 Å². The molecule has 0 spiro atoms. The van der Waals surface area contributed by atoms with Gasteiger partial charge in [0, 0.05) is 12.3 Å². The Morgan fingerprint density at radius 2 is 1.60 bits per heavy atom. The smallest absolute Gasteiger partial charge is 0.356 e. The van der Waals surface area contributed by atoms with E-state index in [1.54, 1.807) is 12.3 Å². The van der Waals surface area contributed by atoms with Crippen LogP contribution in [0, 0.1) is 0 Å². The third kappa shape index (κ3) is 5.38. The number of hydrogen-bond donors (Lipinski definition) is 0. The Kier molecular flexibility index (Phi) is 8.28. The van der Waals surface area contributed by atoms with Gasteiger partial charge in [0.15, 0.2) is 0 Å². The molecule has 1 aromatic rings. The summed E-state index contributed by atoms with van der Waals surface area (Å²) in [4.78, 5) is 15.6. The van der Waals surface area contributed by atoms with Crippen molar-refractivity contribution in [3.05, 3.63) is 29.6 Å². The van der Waals surface area contributed by atoms with Gasteiger partial charge < -0.3 is 9.16 Å². The van der Waals surface area contributed by atoms with Crippen molar-refractivity contribution < 1.29 is 14.0 Å². The van der Waals surface area contributed by atoms with E-state index in [4.69, 9.17) is 4.43 Å². The fraction of sp³-hybridized carbons (Fsp3) is 0.700. The Bertz CT molecular complexity index is 519. The van der Waals surface area contributed by atoms with Gasteiger partial charge in [-0.2, -0.15) is 0 Å². The topological polar surface area (TPSA) is 48.4 Å². The van der Waals surface area contributed by atoms with Crippen LogP contribution in [0.25, 0.3) is 0 Å². The summed E-state index contributed by atoms with van der Waals surface area (Å²) in [5.41, 5.74) is 3.25. The lowest BCUT2D eigenvalue weighted by atomic mass is 10.1. The zero-order valence-electron chi connectivity index (χ0n) is 17.1. The van der Waals surface area contributed by atoms with Crippen molar-refractivity contribution >= 4 is 14.3 Å². The lowest BCUT2D eigenvalue weighted by Crippen LogP contribution is -2.49. The average molecular weight is 366 g/mol. The van der Waals surface area contributed by atoms with Crippen LogP contribution in [0.2, 0.25) is 16.6 Å². The van der Waals surface area contributed by atoms with Crippen LogP contribution in [0.15, 0.2) is 18.3 Å². The van der Waals surface area contributed by atoms with Gasteiger partial charge in [0.25, 0.3) is 0 Å². The number of rotatable bonds is 9. The van der Waals surface area contributed by atoms with Gasteiger partial charge in [0.05, 0.1) is 7.11 Å². The molecule has 1 rings (SSSR count). The van der Waals surface area contributed by atoms with E-state index in [9.17, 15) is 4.79 Å². The molecule has 1 heterocycles. The van der Waals surface area contributed by atoms with Crippen molar-refractivity contribution in [2.24, 2.45) is 0 Å². The summed E-state index contributed by atoms with van der Waals surface area (Å²) in [6, 6.07) is 3.67. The molecule has 0 radical (unpaired) electrons. The molecule has 0 amide bonds. The van der Waals surface area contributed by atoms with Gasteiger partial charge in [-0.1, -0.05) is 47.6 Å².